The molecule has 0 aliphatic carbocycles. The van der Waals surface area contributed by atoms with Crippen LogP contribution in [-0.2, 0) is 6.42 Å². The molecule has 0 heterocycles. The number of carbonyl (C=O) groups is 1. The van der Waals surface area contributed by atoms with E-state index in [9.17, 15) is 19.4 Å². The molecule has 0 unspecified atom stereocenters. The lowest BCUT2D eigenvalue weighted by molar-refractivity contribution is 0.0954. The van der Waals surface area contributed by atoms with Crippen LogP contribution >= 0.6 is 0 Å². The van der Waals surface area contributed by atoms with Gasteiger partial charge in [-0.2, -0.15) is 0 Å². The summed E-state index contributed by atoms with van der Waals surface area (Å²) in [5, 5.41) is 21.5. The highest BCUT2D eigenvalue weighted by Crippen LogP contribution is 2.28. The fraction of sp³-hybridized carbons (Fsp3) is 0.188. The Morgan fingerprint density at radius 3 is 2.43 bits per heavy atom. The molecule has 0 fully saturated rings. The standard InChI is InChI=1S/C16H16FNO3/c1-10-8-14(19)15(20)9-12(10)6-7-18-16(21)11-2-4-13(17)5-3-11/h2-5,8-9,19-20H,6-7H2,1H3,(H,18,21). The van der Waals surface area contributed by atoms with Crippen LogP contribution in [0.3, 0.4) is 0 Å². The van der Waals surface area contributed by atoms with E-state index in [4.69, 9.17) is 0 Å². The van der Waals surface area contributed by atoms with E-state index >= 15 is 0 Å². The van der Waals surface area contributed by atoms with Gasteiger partial charge in [0.1, 0.15) is 5.82 Å². The van der Waals surface area contributed by atoms with Gasteiger partial charge in [-0.1, -0.05) is 0 Å². The van der Waals surface area contributed by atoms with E-state index in [0.717, 1.165) is 11.1 Å². The van der Waals surface area contributed by atoms with Crippen LogP contribution < -0.4 is 5.32 Å². The number of halogens is 1. The molecule has 4 nitrogen and oxygen atoms in total. The SMILES string of the molecule is Cc1cc(O)c(O)cc1CCNC(=O)c1ccc(F)cc1. The van der Waals surface area contributed by atoms with Crippen LogP contribution in [0.2, 0.25) is 0 Å². The minimum absolute atomic E-state index is 0.161. The summed E-state index contributed by atoms with van der Waals surface area (Å²) in [6.07, 6.45) is 0.520. The van der Waals surface area contributed by atoms with Crippen LogP contribution in [0.4, 0.5) is 4.39 Å². The topological polar surface area (TPSA) is 69.6 Å². The summed E-state index contributed by atoms with van der Waals surface area (Å²) >= 11 is 0. The summed E-state index contributed by atoms with van der Waals surface area (Å²) in [7, 11) is 0. The second kappa shape index (κ2) is 6.26. The maximum absolute atomic E-state index is 12.8. The van der Waals surface area contributed by atoms with Gasteiger partial charge in [-0.15, -0.1) is 0 Å². The van der Waals surface area contributed by atoms with Gasteiger partial charge in [0, 0.05) is 12.1 Å². The van der Waals surface area contributed by atoms with Gasteiger partial charge in [-0.25, -0.2) is 4.39 Å². The molecule has 5 heteroatoms. The maximum atomic E-state index is 12.8. The lowest BCUT2D eigenvalue weighted by atomic mass is 10.0. The molecule has 0 bridgehead atoms. The first-order valence-electron chi connectivity index (χ1n) is 6.52. The third-order valence-corrected chi connectivity index (χ3v) is 3.22. The van der Waals surface area contributed by atoms with Crippen molar-refractivity contribution in [2.45, 2.75) is 13.3 Å². The third-order valence-electron chi connectivity index (χ3n) is 3.22. The van der Waals surface area contributed by atoms with Gasteiger partial charge in [0.2, 0.25) is 0 Å². The summed E-state index contributed by atoms with van der Waals surface area (Å²) in [4.78, 5) is 11.8. The Hall–Kier alpha value is -2.56. The third kappa shape index (κ3) is 3.72. The van der Waals surface area contributed by atoms with E-state index in [1.54, 1.807) is 0 Å². The second-order valence-electron chi connectivity index (χ2n) is 4.78. The molecule has 0 spiro atoms. The molecule has 0 radical (unpaired) electrons. The average Bonchev–Trinajstić information content (AvgIpc) is 2.45. The summed E-state index contributed by atoms with van der Waals surface area (Å²) in [6, 6.07) is 8.26. The molecule has 2 rings (SSSR count). The number of aromatic hydroxyl groups is 2. The molecule has 2 aromatic carbocycles. The largest absolute Gasteiger partial charge is 0.504 e. The zero-order valence-electron chi connectivity index (χ0n) is 11.6. The molecule has 3 N–H and O–H groups in total. The van der Waals surface area contributed by atoms with Gasteiger partial charge in [-0.05, 0) is 60.9 Å². The maximum Gasteiger partial charge on any atom is 0.251 e. The van der Waals surface area contributed by atoms with Crippen LogP contribution in [0, 0.1) is 12.7 Å². The van der Waals surface area contributed by atoms with Crippen molar-refractivity contribution in [3.8, 4) is 11.5 Å². The Kier molecular flexibility index (Phi) is 4.42. The molecule has 21 heavy (non-hydrogen) atoms. The van der Waals surface area contributed by atoms with Crippen molar-refractivity contribution in [3.05, 3.63) is 58.9 Å². The zero-order chi connectivity index (χ0) is 15.4. The predicted molar refractivity (Wildman–Crippen MR) is 76.9 cm³/mol. The predicted octanol–water partition coefficient (Wildman–Crippen LogP) is 2.52. The Morgan fingerprint density at radius 1 is 1.14 bits per heavy atom. The van der Waals surface area contributed by atoms with Crippen molar-refractivity contribution in [2.24, 2.45) is 0 Å². The summed E-state index contributed by atoms with van der Waals surface area (Å²) in [5.74, 6) is -1.01. The van der Waals surface area contributed by atoms with Crippen molar-refractivity contribution in [2.75, 3.05) is 6.54 Å². The van der Waals surface area contributed by atoms with Crippen molar-refractivity contribution in [3.63, 3.8) is 0 Å². The quantitative estimate of drug-likeness (QED) is 0.757. The van der Waals surface area contributed by atoms with Crippen molar-refractivity contribution >= 4 is 5.91 Å². The number of hydrogen-bond acceptors (Lipinski definition) is 3. The molecule has 0 aliphatic rings. The van der Waals surface area contributed by atoms with Crippen molar-refractivity contribution < 1.29 is 19.4 Å². The first-order valence-corrected chi connectivity index (χ1v) is 6.52. The van der Waals surface area contributed by atoms with Crippen LogP contribution in [0.5, 0.6) is 11.5 Å². The molecule has 1 amide bonds. The van der Waals surface area contributed by atoms with Gasteiger partial charge in [0.05, 0.1) is 0 Å². The highest BCUT2D eigenvalue weighted by molar-refractivity contribution is 5.94. The Labute approximate surface area is 121 Å². The smallest absolute Gasteiger partial charge is 0.251 e. The molecular formula is C16H16FNO3. The van der Waals surface area contributed by atoms with E-state index in [1.807, 2.05) is 6.92 Å². The monoisotopic (exact) mass is 289 g/mol. The number of aryl methyl sites for hydroxylation is 1. The Balaban J connectivity index is 1.94. The van der Waals surface area contributed by atoms with E-state index in [0.29, 0.717) is 18.5 Å². The van der Waals surface area contributed by atoms with Crippen molar-refractivity contribution in [1.82, 2.24) is 5.32 Å². The molecule has 0 aliphatic heterocycles. The first-order chi connectivity index (χ1) is 9.97. The number of hydrogen-bond donors (Lipinski definition) is 3. The zero-order valence-corrected chi connectivity index (χ0v) is 11.6. The summed E-state index contributed by atoms with van der Waals surface area (Å²) < 4.78 is 12.8. The van der Waals surface area contributed by atoms with Crippen LogP contribution in [0.25, 0.3) is 0 Å². The second-order valence-corrected chi connectivity index (χ2v) is 4.78. The number of phenolic OH excluding ortho intramolecular Hbond substituents is 2. The van der Waals surface area contributed by atoms with Gasteiger partial charge in [-0.3, -0.25) is 4.79 Å². The van der Waals surface area contributed by atoms with E-state index in [2.05, 4.69) is 5.32 Å². The molecule has 0 saturated carbocycles. The Bertz CT molecular complexity index is 653. The fourth-order valence-corrected chi connectivity index (χ4v) is 2.01. The molecule has 2 aromatic rings. The number of carbonyl (C=O) groups excluding carboxylic acids is 1. The normalized spacial score (nSPS) is 10.4. The van der Waals surface area contributed by atoms with Crippen LogP contribution in [0.15, 0.2) is 36.4 Å². The minimum Gasteiger partial charge on any atom is -0.504 e. The number of rotatable bonds is 4. The summed E-state index contributed by atoms with van der Waals surface area (Å²) in [6.45, 7) is 2.19. The van der Waals surface area contributed by atoms with E-state index < -0.39 is 0 Å². The minimum atomic E-state index is -0.387. The highest BCUT2D eigenvalue weighted by atomic mass is 19.1. The van der Waals surface area contributed by atoms with Crippen LogP contribution in [0.1, 0.15) is 21.5 Å². The molecule has 110 valence electrons. The van der Waals surface area contributed by atoms with E-state index in [-0.39, 0.29) is 23.2 Å². The number of benzene rings is 2. The lowest BCUT2D eigenvalue weighted by Crippen LogP contribution is -2.25. The fourth-order valence-electron chi connectivity index (χ4n) is 2.01. The first kappa shape index (κ1) is 14.8. The lowest BCUT2D eigenvalue weighted by Gasteiger charge is -2.09. The molecule has 0 aromatic heterocycles. The molecular weight excluding hydrogens is 273 g/mol. The summed E-state index contributed by atoms with van der Waals surface area (Å²) in [5.41, 5.74) is 2.06. The number of amides is 1. The number of phenols is 2. The number of nitrogens with one attached hydrogen (secondary N) is 1. The van der Waals surface area contributed by atoms with Gasteiger partial charge in [0.15, 0.2) is 11.5 Å². The Morgan fingerprint density at radius 2 is 1.76 bits per heavy atom. The molecule has 0 saturated heterocycles. The van der Waals surface area contributed by atoms with Crippen molar-refractivity contribution in [1.29, 1.82) is 0 Å². The van der Waals surface area contributed by atoms with Gasteiger partial charge in [0.25, 0.3) is 5.91 Å². The average molecular weight is 289 g/mol. The van der Waals surface area contributed by atoms with E-state index in [1.165, 1.54) is 36.4 Å². The highest BCUT2D eigenvalue weighted by Gasteiger charge is 2.08. The van der Waals surface area contributed by atoms with Crippen LogP contribution in [-0.4, -0.2) is 22.7 Å². The van der Waals surface area contributed by atoms with Gasteiger partial charge < -0.3 is 15.5 Å². The molecule has 0 atom stereocenters. The van der Waals surface area contributed by atoms with Gasteiger partial charge >= 0.3 is 0 Å².